The van der Waals surface area contributed by atoms with Crippen LogP contribution < -0.4 is 4.98 Å². The van der Waals surface area contributed by atoms with Crippen molar-refractivity contribution >= 4 is 27.9 Å². The fourth-order valence-corrected chi connectivity index (χ4v) is 4.83. The van der Waals surface area contributed by atoms with Crippen LogP contribution in [0.15, 0.2) is 70.9 Å². The van der Waals surface area contributed by atoms with E-state index in [4.69, 9.17) is 4.66 Å². The van der Waals surface area contributed by atoms with Crippen molar-refractivity contribution in [3.05, 3.63) is 77.4 Å². The third-order valence-electron chi connectivity index (χ3n) is 3.79. The Morgan fingerprint density at radius 1 is 0.731 bits per heavy atom. The Morgan fingerprint density at radius 2 is 1.19 bits per heavy atom. The number of benzene rings is 2. The number of allylic oxidation sites excluding steroid dienone is 1. The lowest BCUT2D eigenvalue weighted by Crippen LogP contribution is -2.40. The summed E-state index contributed by atoms with van der Waals surface area (Å²) in [6.45, 7) is 16.1. The third-order valence-corrected chi connectivity index (χ3v) is 5.68. The molecule has 0 amide bonds. The fraction of sp³-hybridized carbons (Fsp3) is 0.318. The van der Waals surface area contributed by atoms with Gasteiger partial charge in [0.2, 0.25) is 0 Å². The van der Waals surface area contributed by atoms with Crippen LogP contribution in [-0.4, -0.2) is 22.2 Å². The van der Waals surface area contributed by atoms with Crippen molar-refractivity contribution in [1.29, 1.82) is 0 Å². The van der Waals surface area contributed by atoms with Crippen molar-refractivity contribution in [2.45, 2.75) is 46.2 Å². The van der Waals surface area contributed by atoms with E-state index in [1.54, 1.807) is 0 Å². The molecule has 138 valence electrons. The lowest BCUT2D eigenvalue weighted by molar-refractivity contribution is 1.24. The predicted molar refractivity (Wildman–Crippen MR) is 122 cm³/mol. The Balaban J connectivity index is 2.70. The van der Waals surface area contributed by atoms with Gasteiger partial charge < -0.3 is 9.64 Å². The molecule has 0 fully saturated rings. The molecule has 0 spiro atoms. The van der Waals surface area contributed by atoms with E-state index in [2.05, 4.69) is 112 Å². The lowest BCUT2D eigenvalue weighted by Gasteiger charge is -2.26. The summed E-state index contributed by atoms with van der Waals surface area (Å²) in [4.78, 5) is 3.86. The molecule has 0 saturated carbocycles. The summed E-state index contributed by atoms with van der Waals surface area (Å²) in [6.07, 6.45) is 0. The van der Waals surface area contributed by atoms with E-state index in [-0.39, 0.29) is 0 Å². The largest absolute Gasteiger partial charge is 0.410 e. The monoisotopic (exact) mass is 380 g/mol. The Morgan fingerprint density at radius 3 is 1.62 bits per heavy atom. The summed E-state index contributed by atoms with van der Waals surface area (Å²) >= 11 is 0. The predicted octanol–water partition coefficient (Wildman–Crippen LogP) is 6.17. The second-order valence-corrected chi connectivity index (χ2v) is 18.1. The average molecular weight is 381 g/mol. The molecule has 2 aromatic carbocycles. The molecule has 0 heterocycles. The van der Waals surface area contributed by atoms with Gasteiger partial charge in [-0.05, 0) is 43.3 Å². The minimum atomic E-state index is -1.63. The van der Waals surface area contributed by atoms with Crippen LogP contribution in [0.1, 0.15) is 18.1 Å². The first-order valence-electron chi connectivity index (χ1n) is 9.27. The SMILES string of the molecule is CC(=C(/N[Si](C)(C)C)c1ccccc1)/C(=N/[Si](C)(C)C)c1ccccc1. The van der Waals surface area contributed by atoms with Crippen LogP contribution in [0.5, 0.6) is 0 Å². The highest BCUT2D eigenvalue weighted by molar-refractivity contribution is 6.76. The molecule has 26 heavy (non-hydrogen) atoms. The number of rotatable bonds is 6. The van der Waals surface area contributed by atoms with Crippen molar-refractivity contribution in [1.82, 2.24) is 4.98 Å². The van der Waals surface area contributed by atoms with Gasteiger partial charge in [-0.15, -0.1) is 0 Å². The number of nitrogens with zero attached hydrogens (tertiary/aromatic N) is 1. The van der Waals surface area contributed by atoms with Gasteiger partial charge in [0.15, 0.2) is 8.24 Å². The Kier molecular flexibility index (Phi) is 6.42. The van der Waals surface area contributed by atoms with Crippen LogP contribution in [0.3, 0.4) is 0 Å². The van der Waals surface area contributed by atoms with E-state index in [1.165, 1.54) is 22.4 Å². The average Bonchev–Trinajstić information content (AvgIpc) is 2.57. The van der Waals surface area contributed by atoms with Gasteiger partial charge in [0.1, 0.15) is 8.24 Å². The molecule has 0 unspecified atom stereocenters. The fourth-order valence-electron chi connectivity index (χ4n) is 2.78. The summed E-state index contributed by atoms with van der Waals surface area (Å²) in [5.41, 5.74) is 5.98. The van der Waals surface area contributed by atoms with Gasteiger partial charge in [0.25, 0.3) is 0 Å². The van der Waals surface area contributed by atoms with E-state index in [0.717, 1.165) is 5.71 Å². The van der Waals surface area contributed by atoms with Gasteiger partial charge in [0.05, 0.1) is 5.71 Å². The molecule has 0 aromatic heterocycles. The van der Waals surface area contributed by atoms with E-state index in [9.17, 15) is 0 Å². The first kappa shape index (κ1) is 20.4. The summed E-state index contributed by atoms with van der Waals surface area (Å²) in [5.74, 6) is 0. The molecule has 0 atom stereocenters. The lowest BCUT2D eigenvalue weighted by atomic mass is 9.99. The normalized spacial score (nSPS) is 14.0. The maximum atomic E-state index is 5.23. The highest BCUT2D eigenvalue weighted by Crippen LogP contribution is 2.23. The van der Waals surface area contributed by atoms with Crippen LogP contribution in [0.4, 0.5) is 0 Å². The van der Waals surface area contributed by atoms with Crippen LogP contribution in [0.25, 0.3) is 5.70 Å². The molecule has 0 aliphatic rings. The Bertz CT molecular complexity index is 780. The van der Waals surface area contributed by atoms with Crippen LogP contribution in [0, 0.1) is 0 Å². The van der Waals surface area contributed by atoms with Gasteiger partial charge in [-0.2, -0.15) is 0 Å². The zero-order chi connectivity index (χ0) is 19.4. The summed E-state index contributed by atoms with van der Waals surface area (Å²) in [5, 5.41) is 0. The topological polar surface area (TPSA) is 24.4 Å². The van der Waals surface area contributed by atoms with Crippen LogP contribution in [0.2, 0.25) is 39.3 Å². The van der Waals surface area contributed by atoms with Gasteiger partial charge in [0, 0.05) is 5.70 Å². The Hall–Kier alpha value is -1.92. The summed E-state index contributed by atoms with van der Waals surface area (Å²) in [7, 11) is -3.16. The molecule has 0 aliphatic heterocycles. The van der Waals surface area contributed by atoms with E-state index in [0.29, 0.717) is 0 Å². The first-order chi connectivity index (χ1) is 12.1. The highest BCUT2D eigenvalue weighted by Gasteiger charge is 2.21. The van der Waals surface area contributed by atoms with Crippen molar-refractivity contribution in [2.24, 2.45) is 4.66 Å². The highest BCUT2D eigenvalue weighted by atomic mass is 28.3. The number of nitrogens with one attached hydrogen (secondary N) is 1. The Labute approximate surface area is 161 Å². The van der Waals surface area contributed by atoms with E-state index in [1.807, 2.05) is 0 Å². The molecule has 0 saturated heterocycles. The molecule has 0 radical (unpaired) electrons. The van der Waals surface area contributed by atoms with Gasteiger partial charge in [-0.1, -0.05) is 80.3 Å². The molecule has 0 aliphatic carbocycles. The van der Waals surface area contributed by atoms with Gasteiger partial charge in [-0.3, -0.25) is 0 Å². The second-order valence-electron chi connectivity index (χ2n) is 8.74. The summed E-state index contributed by atoms with van der Waals surface area (Å²) in [6, 6.07) is 21.2. The summed E-state index contributed by atoms with van der Waals surface area (Å²) < 4.78 is 5.23. The quantitative estimate of drug-likeness (QED) is 0.470. The standard InChI is InChI=1S/C22H32N2Si2/c1-18(21(23-25(2,3)4)19-14-10-8-11-15-19)22(24-26(5,6)7)20-16-12-9-13-17-20/h8-17,23H,1-7H3/b21-18-,24-22-. The van der Waals surface area contributed by atoms with Crippen molar-refractivity contribution in [3.63, 3.8) is 0 Å². The maximum absolute atomic E-state index is 5.23. The van der Waals surface area contributed by atoms with Crippen molar-refractivity contribution in [2.75, 3.05) is 0 Å². The zero-order valence-electron chi connectivity index (χ0n) is 17.2. The minimum Gasteiger partial charge on any atom is -0.410 e. The number of hydrogen-bond acceptors (Lipinski definition) is 2. The van der Waals surface area contributed by atoms with Crippen molar-refractivity contribution in [3.8, 4) is 0 Å². The second kappa shape index (κ2) is 8.19. The maximum Gasteiger partial charge on any atom is 0.173 e. The van der Waals surface area contributed by atoms with Gasteiger partial charge >= 0.3 is 0 Å². The molecule has 2 aromatic rings. The van der Waals surface area contributed by atoms with E-state index < -0.39 is 16.5 Å². The minimum absolute atomic E-state index is 1.12. The van der Waals surface area contributed by atoms with Crippen LogP contribution in [-0.2, 0) is 0 Å². The zero-order valence-corrected chi connectivity index (χ0v) is 19.2. The van der Waals surface area contributed by atoms with E-state index >= 15 is 0 Å². The molecule has 0 bridgehead atoms. The van der Waals surface area contributed by atoms with Crippen LogP contribution >= 0.6 is 0 Å². The third kappa shape index (κ3) is 6.11. The number of hydrogen-bond donors (Lipinski definition) is 1. The van der Waals surface area contributed by atoms with Gasteiger partial charge in [-0.25, -0.2) is 0 Å². The molecular weight excluding hydrogens is 348 g/mol. The smallest absolute Gasteiger partial charge is 0.173 e. The van der Waals surface area contributed by atoms with Crippen molar-refractivity contribution < 1.29 is 0 Å². The first-order valence-corrected chi connectivity index (χ1v) is 16.2. The molecular formula is C22H32N2Si2. The molecule has 2 nitrogen and oxygen atoms in total. The molecule has 1 N–H and O–H groups in total. The molecule has 2 rings (SSSR count). The molecule has 4 heteroatoms.